The molecular formula is C16H20N2O3S. The first kappa shape index (κ1) is 16.5. The van der Waals surface area contributed by atoms with Gasteiger partial charge in [-0.3, -0.25) is 4.79 Å². The molecule has 118 valence electrons. The third-order valence-electron chi connectivity index (χ3n) is 2.93. The van der Waals surface area contributed by atoms with Gasteiger partial charge >= 0.3 is 0 Å². The van der Waals surface area contributed by atoms with Gasteiger partial charge in [0.25, 0.3) is 5.91 Å². The van der Waals surface area contributed by atoms with Crippen molar-refractivity contribution in [3.8, 4) is 5.88 Å². The van der Waals surface area contributed by atoms with Gasteiger partial charge in [0, 0.05) is 18.0 Å². The Balaban J connectivity index is 1.55. The van der Waals surface area contributed by atoms with Crippen LogP contribution < -0.4 is 10.1 Å². The lowest BCUT2D eigenvalue weighted by Crippen LogP contribution is -2.33. The number of rotatable bonds is 9. The molecule has 1 heterocycles. The molecule has 0 aliphatic heterocycles. The Kier molecular flexibility index (Phi) is 6.86. The highest BCUT2D eigenvalue weighted by Crippen LogP contribution is 2.08. The lowest BCUT2D eigenvalue weighted by molar-refractivity contribution is -0.123. The van der Waals surface area contributed by atoms with Gasteiger partial charge in [0.1, 0.15) is 0 Å². The van der Waals surface area contributed by atoms with E-state index in [1.54, 1.807) is 11.4 Å². The van der Waals surface area contributed by atoms with Crippen molar-refractivity contribution in [2.45, 2.75) is 13.5 Å². The second-order valence-corrected chi connectivity index (χ2v) is 5.70. The van der Waals surface area contributed by atoms with E-state index in [4.69, 9.17) is 9.47 Å². The highest BCUT2D eigenvalue weighted by Gasteiger charge is 2.07. The van der Waals surface area contributed by atoms with Crippen LogP contribution in [0.1, 0.15) is 12.5 Å². The molecule has 0 spiro atoms. The molecule has 22 heavy (non-hydrogen) atoms. The third-order valence-corrected chi connectivity index (χ3v) is 3.47. The molecule has 0 aliphatic carbocycles. The molecule has 0 saturated carbocycles. The second kappa shape index (κ2) is 9.17. The molecule has 2 rings (SSSR count). The summed E-state index contributed by atoms with van der Waals surface area (Å²) in [5.41, 5.74) is 1.15. The summed E-state index contributed by atoms with van der Waals surface area (Å²) < 4.78 is 14.8. The van der Waals surface area contributed by atoms with Crippen molar-refractivity contribution in [3.05, 3.63) is 47.3 Å². The molecule has 6 heteroatoms. The Hall–Kier alpha value is -1.92. The summed E-state index contributed by atoms with van der Waals surface area (Å²) >= 11 is 1.29. The van der Waals surface area contributed by atoms with Gasteiger partial charge in [-0.1, -0.05) is 37.3 Å². The zero-order valence-electron chi connectivity index (χ0n) is 12.5. The van der Waals surface area contributed by atoms with E-state index in [2.05, 4.69) is 9.69 Å². The van der Waals surface area contributed by atoms with Crippen LogP contribution in [0.25, 0.3) is 0 Å². The Morgan fingerprint density at radius 1 is 1.32 bits per heavy atom. The quantitative estimate of drug-likeness (QED) is 0.771. The fourth-order valence-electron chi connectivity index (χ4n) is 1.77. The number of carbonyl (C=O) groups is 1. The van der Waals surface area contributed by atoms with Crippen molar-refractivity contribution >= 4 is 17.4 Å². The molecule has 5 nitrogen and oxygen atoms in total. The average molecular weight is 320 g/mol. The molecule has 2 aromatic rings. The molecule has 0 radical (unpaired) electrons. The van der Waals surface area contributed by atoms with Gasteiger partial charge in [-0.05, 0) is 23.0 Å². The predicted octanol–water partition coefficient (Wildman–Crippen LogP) is 2.49. The lowest BCUT2D eigenvalue weighted by Gasteiger charge is -2.13. The molecule has 1 atom stereocenters. The summed E-state index contributed by atoms with van der Waals surface area (Å²) in [7, 11) is 0. The number of nitrogens with zero attached hydrogens (tertiary/aromatic N) is 1. The molecule has 1 N–H and O–H groups in total. The predicted molar refractivity (Wildman–Crippen MR) is 85.9 cm³/mol. The van der Waals surface area contributed by atoms with Gasteiger partial charge in [0.2, 0.25) is 5.88 Å². The van der Waals surface area contributed by atoms with Crippen LogP contribution in [-0.2, 0) is 16.1 Å². The first-order valence-corrected chi connectivity index (χ1v) is 7.99. The normalized spacial score (nSPS) is 11.9. The van der Waals surface area contributed by atoms with Crippen LogP contribution in [0.3, 0.4) is 0 Å². The fourth-order valence-corrected chi connectivity index (χ4v) is 2.22. The van der Waals surface area contributed by atoms with E-state index < -0.39 is 0 Å². The average Bonchev–Trinajstić information content (AvgIpc) is 3.05. The maximum atomic E-state index is 11.6. The van der Waals surface area contributed by atoms with Crippen molar-refractivity contribution in [1.82, 2.24) is 9.69 Å². The Labute approximate surface area is 134 Å². The van der Waals surface area contributed by atoms with E-state index in [0.717, 1.165) is 5.56 Å². The first-order chi connectivity index (χ1) is 10.7. The number of aromatic nitrogens is 1. The third kappa shape index (κ3) is 6.24. The van der Waals surface area contributed by atoms with Crippen molar-refractivity contribution in [2.75, 3.05) is 19.8 Å². The highest BCUT2D eigenvalue weighted by molar-refractivity contribution is 7.03. The maximum Gasteiger partial charge on any atom is 0.258 e. The molecule has 1 amide bonds. The van der Waals surface area contributed by atoms with Gasteiger partial charge in [-0.25, -0.2) is 0 Å². The monoisotopic (exact) mass is 320 g/mol. The van der Waals surface area contributed by atoms with Crippen LogP contribution in [0.15, 0.2) is 41.8 Å². The Morgan fingerprint density at radius 2 is 2.14 bits per heavy atom. The molecular weight excluding hydrogens is 300 g/mol. The van der Waals surface area contributed by atoms with Crippen molar-refractivity contribution in [1.29, 1.82) is 0 Å². The van der Waals surface area contributed by atoms with Crippen molar-refractivity contribution in [2.24, 2.45) is 5.92 Å². The number of ether oxygens (including phenoxy) is 2. The molecule has 0 aliphatic rings. The highest BCUT2D eigenvalue weighted by atomic mass is 32.1. The van der Waals surface area contributed by atoms with Gasteiger partial charge in [-0.15, -0.1) is 0 Å². The minimum atomic E-state index is -0.150. The van der Waals surface area contributed by atoms with Crippen LogP contribution in [0.4, 0.5) is 0 Å². The zero-order valence-corrected chi connectivity index (χ0v) is 13.3. The fraction of sp³-hybridized carbons (Fsp3) is 0.375. The number of hydrogen-bond acceptors (Lipinski definition) is 5. The maximum absolute atomic E-state index is 11.6. The topological polar surface area (TPSA) is 60.5 Å². The number of benzene rings is 1. The summed E-state index contributed by atoms with van der Waals surface area (Å²) in [6.45, 7) is 3.77. The number of nitrogens with one attached hydrogen (secondary N) is 1. The Morgan fingerprint density at radius 3 is 2.86 bits per heavy atom. The van der Waals surface area contributed by atoms with Gasteiger partial charge < -0.3 is 14.8 Å². The second-order valence-electron chi connectivity index (χ2n) is 5.04. The van der Waals surface area contributed by atoms with Gasteiger partial charge in [0.05, 0.1) is 13.2 Å². The van der Waals surface area contributed by atoms with Crippen LogP contribution in [-0.4, -0.2) is 30.0 Å². The van der Waals surface area contributed by atoms with Crippen molar-refractivity contribution in [3.63, 3.8) is 0 Å². The molecule has 0 fully saturated rings. The minimum Gasteiger partial charge on any atom is -0.467 e. The minimum absolute atomic E-state index is 0.0126. The summed E-state index contributed by atoms with van der Waals surface area (Å²) in [4.78, 5) is 11.6. The smallest absolute Gasteiger partial charge is 0.258 e. The van der Waals surface area contributed by atoms with E-state index in [1.165, 1.54) is 11.5 Å². The lowest BCUT2D eigenvalue weighted by atomic mass is 10.2. The standard InChI is InChI=1S/C16H20N2O3S/c1-13(10-20-11-14-5-3-2-4-6-14)9-17-15(19)12-21-16-7-8-22-18-16/h2-8,13H,9-12H2,1H3,(H,17,19). The van der Waals surface area contributed by atoms with Crippen molar-refractivity contribution < 1.29 is 14.3 Å². The van der Waals surface area contributed by atoms with E-state index in [0.29, 0.717) is 25.6 Å². The molecule has 1 unspecified atom stereocenters. The Bertz CT molecular complexity index is 546. The first-order valence-electron chi connectivity index (χ1n) is 7.15. The molecule has 0 bridgehead atoms. The summed E-state index contributed by atoms with van der Waals surface area (Å²) in [6, 6.07) is 11.8. The largest absolute Gasteiger partial charge is 0.467 e. The molecule has 1 aromatic carbocycles. The van der Waals surface area contributed by atoms with E-state index in [1.807, 2.05) is 37.3 Å². The van der Waals surface area contributed by atoms with Crippen LogP contribution >= 0.6 is 11.5 Å². The van der Waals surface area contributed by atoms with Gasteiger partial charge in [0.15, 0.2) is 6.61 Å². The van der Waals surface area contributed by atoms with Crippen LogP contribution in [0.5, 0.6) is 5.88 Å². The number of carbonyl (C=O) groups excluding carboxylic acids is 1. The zero-order chi connectivity index (χ0) is 15.6. The van der Waals surface area contributed by atoms with E-state index in [9.17, 15) is 4.79 Å². The summed E-state index contributed by atoms with van der Waals surface area (Å²) in [5.74, 6) is 0.578. The number of hydrogen-bond donors (Lipinski definition) is 1. The van der Waals surface area contributed by atoms with E-state index in [-0.39, 0.29) is 18.4 Å². The van der Waals surface area contributed by atoms with Crippen LogP contribution in [0, 0.1) is 5.92 Å². The van der Waals surface area contributed by atoms with Gasteiger partial charge in [-0.2, -0.15) is 4.37 Å². The SMILES string of the molecule is CC(CNC(=O)COc1ccsn1)COCc1ccccc1. The van der Waals surface area contributed by atoms with Crippen LogP contribution in [0.2, 0.25) is 0 Å². The summed E-state index contributed by atoms with van der Waals surface area (Å²) in [5, 5.41) is 4.63. The number of amides is 1. The molecule has 0 saturated heterocycles. The summed E-state index contributed by atoms with van der Waals surface area (Å²) in [6.07, 6.45) is 0. The van der Waals surface area contributed by atoms with E-state index >= 15 is 0 Å². The molecule has 1 aromatic heterocycles.